The van der Waals surface area contributed by atoms with E-state index in [2.05, 4.69) is 11.2 Å². The highest BCUT2D eigenvalue weighted by Crippen LogP contribution is 2.17. The Hall–Kier alpha value is -1.88. The second kappa shape index (κ2) is 4.32. The van der Waals surface area contributed by atoms with E-state index in [1.54, 1.807) is 23.9 Å². The number of carbonyl (C=O) groups is 1. The van der Waals surface area contributed by atoms with E-state index in [1.165, 1.54) is 0 Å². The summed E-state index contributed by atoms with van der Waals surface area (Å²) in [4.78, 5) is 11.2. The Morgan fingerprint density at radius 2 is 2.50 bits per heavy atom. The highest BCUT2D eigenvalue weighted by molar-refractivity contribution is 6.03. The molecular weight excluding hydrogens is 206 g/mol. The predicted octanol–water partition coefficient (Wildman–Crippen LogP) is 0.582. The minimum Gasteiger partial charge on any atom is -0.383 e. The van der Waals surface area contributed by atoms with Gasteiger partial charge in [0, 0.05) is 12.5 Å². The molecule has 1 aromatic carbocycles. The van der Waals surface area contributed by atoms with E-state index in [0.29, 0.717) is 13.2 Å². The van der Waals surface area contributed by atoms with Crippen LogP contribution >= 0.6 is 0 Å². The van der Waals surface area contributed by atoms with Gasteiger partial charge in [-0.05, 0) is 18.2 Å². The first-order chi connectivity index (χ1) is 7.74. The molecule has 1 radical (unpaired) electrons. The lowest BCUT2D eigenvalue weighted by Crippen LogP contribution is -2.13. The Balaban J connectivity index is 2.53. The molecular formula is C11H12N3O2. The fourth-order valence-corrected chi connectivity index (χ4v) is 1.60. The van der Waals surface area contributed by atoms with Crippen molar-refractivity contribution in [3.63, 3.8) is 0 Å². The summed E-state index contributed by atoms with van der Waals surface area (Å²) in [6, 6.07) is 8.25. The summed E-state index contributed by atoms with van der Waals surface area (Å²) in [6.07, 6.45) is 0. The molecule has 1 heterocycles. The first-order valence-electron chi connectivity index (χ1n) is 4.89. The van der Waals surface area contributed by atoms with Crippen molar-refractivity contribution in [1.82, 2.24) is 9.78 Å². The molecule has 0 spiro atoms. The minimum absolute atomic E-state index is 0.281. The van der Waals surface area contributed by atoms with E-state index >= 15 is 0 Å². The van der Waals surface area contributed by atoms with Gasteiger partial charge in [0.15, 0.2) is 5.69 Å². The SMILES string of the molecule is COCCn1nc(C(N)=O)c2c[c]ccc21. The van der Waals surface area contributed by atoms with Crippen LogP contribution in [0.15, 0.2) is 18.2 Å². The number of hydrogen-bond donors (Lipinski definition) is 1. The third-order valence-corrected chi connectivity index (χ3v) is 2.34. The van der Waals surface area contributed by atoms with Crippen LogP contribution in [0.2, 0.25) is 0 Å². The second-order valence-electron chi connectivity index (χ2n) is 3.37. The maximum absolute atomic E-state index is 11.2. The molecule has 2 aromatic rings. The highest BCUT2D eigenvalue weighted by atomic mass is 16.5. The number of nitrogens with two attached hydrogens (primary N) is 1. The fraction of sp³-hybridized carbons (Fsp3) is 0.273. The Morgan fingerprint density at radius 3 is 3.19 bits per heavy atom. The van der Waals surface area contributed by atoms with E-state index in [9.17, 15) is 4.79 Å². The largest absolute Gasteiger partial charge is 0.383 e. The number of fused-ring (bicyclic) bond motifs is 1. The highest BCUT2D eigenvalue weighted by Gasteiger charge is 2.13. The predicted molar refractivity (Wildman–Crippen MR) is 59.0 cm³/mol. The zero-order valence-corrected chi connectivity index (χ0v) is 8.93. The van der Waals surface area contributed by atoms with Crippen molar-refractivity contribution in [3.8, 4) is 0 Å². The van der Waals surface area contributed by atoms with Crippen molar-refractivity contribution in [1.29, 1.82) is 0 Å². The van der Waals surface area contributed by atoms with Gasteiger partial charge in [-0.3, -0.25) is 9.48 Å². The molecule has 0 aliphatic heterocycles. The number of methoxy groups -OCH3 is 1. The molecule has 0 bridgehead atoms. The van der Waals surface area contributed by atoms with Crippen LogP contribution in [0.4, 0.5) is 0 Å². The number of carbonyl (C=O) groups excluding carboxylic acids is 1. The zero-order chi connectivity index (χ0) is 11.5. The van der Waals surface area contributed by atoms with Gasteiger partial charge in [-0.1, -0.05) is 6.07 Å². The molecule has 1 aromatic heterocycles. The summed E-state index contributed by atoms with van der Waals surface area (Å²) < 4.78 is 6.69. The van der Waals surface area contributed by atoms with Crippen LogP contribution in [0.25, 0.3) is 10.9 Å². The maximum atomic E-state index is 11.2. The first kappa shape index (κ1) is 10.6. The lowest BCUT2D eigenvalue weighted by molar-refractivity contribution is 0.0995. The summed E-state index contributed by atoms with van der Waals surface area (Å²) in [5, 5.41) is 4.90. The lowest BCUT2D eigenvalue weighted by Gasteiger charge is -2.01. The Bertz CT molecular complexity index is 519. The molecule has 0 atom stereocenters. The van der Waals surface area contributed by atoms with E-state index in [0.717, 1.165) is 10.9 Å². The van der Waals surface area contributed by atoms with E-state index in [4.69, 9.17) is 10.5 Å². The molecule has 0 fully saturated rings. The molecule has 0 unspecified atom stereocenters. The van der Waals surface area contributed by atoms with Gasteiger partial charge < -0.3 is 10.5 Å². The van der Waals surface area contributed by atoms with Crippen molar-refractivity contribution in [2.75, 3.05) is 13.7 Å². The monoisotopic (exact) mass is 218 g/mol. The van der Waals surface area contributed by atoms with E-state index in [-0.39, 0.29) is 5.69 Å². The topological polar surface area (TPSA) is 70.1 Å². The number of rotatable bonds is 4. The van der Waals surface area contributed by atoms with Crippen LogP contribution in [-0.2, 0) is 11.3 Å². The van der Waals surface area contributed by atoms with Gasteiger partial charge in [-0.15, -0.1) is 0 Å². The average Bonchev–Trinajstić information content (AvgIpc) is 2.65. The second-order valence-corrected chi connectivity index (χ2v) is 3.37. The van der Waals surface area contributed by atoms with Gasteiger partial charge in [-0.2, -0.15) is 5.10 Å². The Morgan fingerprint density at radius 1 is 1.69 bits per heavy atom. The van der Waals surface area contributed by atoms with Gasteiger partial charge >= 0.3 is 0 Å². The zero-order valence-electron chi connectivity index (χ0n) is 8.93. The smallest absolute Gasteiger partial charge is 0.269 e. The number of benzene rings is 1. The van der Waals surface area contributed by atoms with Crippen LogP contribution < -0.4 is 5.73 Å². The van der Waals surface area contributed by atoms with Crippen molar-refractivity contribution in [2.45, 2.75) is 6.54 Å². The molecule has 2 rings (SSSR count). The van der Waals surface area contributed by atoms with Gasteiger partial charge in [0.1, 0.15) is 0 Å². The molecule has 83 valence electrons. The standard InChI is InChI=1S/C11H12N3O2/c1-16-7-6-14-9-5-3-2-4-8(9)10(13-14)11(12)15/h3-5H,6-7H2,1H3,(H2,12,15). The van der Waals surface area contributed by atoms with Crippen molar-refractivity contribution >= 4 is 16.8 Å². The molecule has 1 amide bonds. The number of ether oxygens (including phenoxy) is 1. The quantitative estimate of drug-likeness (QED) is 0.816. The molecule has 2 N–H and O–H groups in total. The van der Waals surface area contributed by atoms with Crippen molar-refractivity contribution in [2.24, 2.45) is 5.73 Å². The number of hydrogen-bond acceptors (Lipinski definition) is 3. The third-order valence-electron chi connectivity index (χ3n) is 2.34. The van der Waals surface area contributed by atoms with E-state index in [1.807, 2.05) is 6.07 Å². The number of aromatic nitrogens is 2. The van der Waals surface area contributed by atoms with Gasteiger partial charge in [0.2, 0.25) is 0 Å². The van der Waals surface area contributed by atoms with Crippen molar-refractivity contribution < 1.29 is 9.53 Å². The first-order valence-corrected chi connectivity index (χ1v) is 4.89. The molecule has 5 heteroatoms. The van der Waals surface area contributed by atoms with Crippen LogP contribution in [0.1, 0.15) is 10.5 Å². The third kappa shape index (κ3) is 1.77. The summed E-state index contributed by atoms with van der Waals surface area (Å²) in [5.41, 5.74) is 6.41. The minimum atomic E-state index is -0.527. The maximum Gasteiger partial charge on any atom is 0.269 e. The lowest BCUT2D eigenvalue weighted by atomic mass is 10.2. The van der Waals surface area contributed by atoms with E-state index < -0.39 is 5.91 Å². The number of amides is 1. The summed E-state index contributed by atoms with van der Waals surface area (Å²) in [5.74, 6) is -0.527. The van der Waals surface area contributed by atoms with Crippen LogP contribution in [-0.4, -0.2) is 29.4 Å². The Labute approximate surface area is 92.8 Å². The molecule has 5 nitrogen and oxygen atoms in total. The Kier molecular flexibility index (Phi) is 2.87. The summed E-state index contributed by atoms with van der Waals surface area (Å²) >= 11 is 0. The summed E-state index contributed by atoms with van der Waals surface area (Å²) in [6.45, 7) is 1.12. The molecule has 0 saturated heterocycles. The average molecular weight is 218 g/mol. The van der Waals surface area contributed by atoms with Gasteiger partial charge in [0.25, 0.3) is 5.91 Å². The van der Waals surface area contributed by atoms with Gasteiger partial charge in [0.05, 0.1) is 18.7 Å². The van der Waals surface area contributed by atoms with Crippen LogP contribution in [0.3, 0.4) is 0 Å². The number of nitrogens with zero attached hydrogens (tertiary/aromatic N) is 2. The molecule has 0 aliphatic carbocycles. The molecule has 0 aliphatic rings. The number of primary amides is 1. The fourth-order valence-electron chi connectivity index (χ4n) is 1.60. The van der Waals surface area contributed by atoms with Crippen LogP contribution in [0.5, 0.6) is 0 Å². The normalized spacial score (nSPS) is 10.8. The molecule has 0 saturated carbocycles. The summed E-state index contributed by atoms with van der Waals surface area (Å²) in [7, 11) is 1.62. The van der Waals surface area contributed by atoms with Crippen LogP contribution in [0, 0.1) is 6.07 Å². The molecule has 16 heavy (non-hydrogen) atoms. The van der Waals surface area contributed by atoms with Crippen molar-refractivity contribution in [3.05, 3.63) is 30.0 Å². The van der Waals surface area contributed by atoms with Gasteiger partial charge in [-0.25, -0.2) is 0 Å².